The van der Waals surface area contributed by atoms with E-state index in [4.69, 9.17) is 15.6 Å². The molecule has 4 N–H and O–H groups in total. The van der Waals surface area contributed by atoms with E-state index in [9.17, 15) is 4.79 Å². The molecule has 110 valence electrons. The second-order valence-corrected chi connectivity index (χ2v) is 4.37. The average molecular weight is 288 g/mol. The summed E-state index contributed by atoms with van der Waals surface area (Å²) in [5.41, 5.74) is 7.05. The Morgan fingerprint density at radius 2 is 2.05 bits per heavy atom. The molecule has 0 aliphatic heterocycles. The normalized spacial score (nSPS) is 11.7. The lowest BCUT2D eigenvalue weighted by molar-refractivity contribution is -0.137. The monoisotopic (exact) mass is 288 g/mol. The third-order valence-electron chi connectivity index (χ3n) is 2.85. The summed E-state index contributed by atoms with van der Waals surface area (Å²) in [6.45, 7) is 0. The van der Waals surface area contributed by atoms with E-state index in [1.807, 2.05) is 24.3 Å². The van der Waals surface area contributed by atoms with Crippen LogP contribution in [0.15, 0.2) is 36.7 Å². The summed E-state index contributed by atoms with van der Waals surface area (Å²) in [6, 6.07) is 6.76. The molecule has 0 unspecified atom stereocenters. The van der Waals surface area contributed by atoms with E-state index in [1.54, 1.807) is 7.11 Å². The zero-order chi connectivity index (χ0) is 15.2. The van der Waals surface area contributed by atoms with Crippen LogP contribution in [0.1, 0.15) is 18.0 Å². The third kappa shape index (κ3) is 3.90. The number of benzene rings is 1. The van der Waals surface area contributed by atoms with Gasteiger partial charge in [-0.1, -0.05) is 12.1 Å². The van der Waals surface area contributed by atoms with Crippen LogP contribution in [0.5, 0.6) is 5.75 Å². The van der Waals surface area contributed by atoms with Crippen LogP contribution in [0.25, 0.3) is 0 Å². The molecule has 1 aromatic heterocycles. The lowest BCUT2D eigenvalue weighted by Gasteiger charge is -2.11. The Balaban J connectivity index is 2.10. The fourth-order valence-electron chi connectivity index (χ4n) is 1.77. The van der Waals surface area contributed by atoms with E-state index < -0.39 is 12.0 Å². The predicted molar refractivity (Wildman–Crippen MR) is 77.5 cm³/mol. The highest BCUT2D eigenvalue weighted by molar-refractivity contribution is 5.68. The zero-order valence-electron chi connectivity index (χ0n) is 11.5. The third-order valence-corrected chi connectivity index (χ3v) is 2.85. The van der Waals surface area contributed by atoms with Crippen molar-refractivity contribution in [2.75, 3.05) is 12.4 Å². The fourth-order valence-corrected chi connectivity index (χ4v) is 1.77. The Hall–Kier alpha value is -2.67. The highest BCUT2D eigenvalue weighted by atomic mass is 16.5. The molecule has 7 nitrogen and oxygen atoms in total. The molecule has 21 heavy (non-hydrogen) atoms. The molecule has 0 aliphatic carbocycles. The molecule has 0 fully saturated rings. The van der Waals surface area contributed by atoms with Gasteiger partial charge in [0.05, 0.1) is 19.2 Å². The number of nitrogens with zero attached hydrogens (tertiary/aromatic N) is 2. The van der Waals surface area contributed by atoms with E-state index in [-0.39, 0.29) is 6.42 Å². The number of hydrogen-bond acceptors (Lipinski definition) is 6. The first-order valence-corrected chi connectivity index (χ1v) is 6.29. The van der Waals surface area contributed by atoms with Crippen LogP contribution in [-0.4, -0.2) is 28.2 Å². The molecule has 2 aromatic rings. The molecule has 1 heterocycles. The summed E-state index contributed by atoms with van der Waals surface area (Å²) in [5, 5.41) is 11.7. The molecule has 7 heteroatoms. The van der Waals surface area contributed by atoms with Gasteiger partial charge in [0.1, 0.15) is 5.75 Å². The molecule has 1 atom stereocenters. The van der Waals surface area contributed by atoms with Crippen molar-refractivity contribution in [3.8, 4) is 5.75 Å². The summed E-state index contributed by atoms with van der Waals surface area (Å²) in [6.07, 6.45) is 2.86. The van der Waals surface area contributed by atoms with Gasteiger partial charge < -0.3 is 20.9 Å². The van der Waals surface area contributed by atoms with Crippen molar-refractivity contribution in [1.29, 1.82) is 0 Å². The number of aliphatic carboxylic acids is 1. The quantitative estimate of drug-likeness (QED) is 0.742. The highest BCUT2D eigenvalue weighted by Crippen LogP contribution is 2.25. The van der Waals surface area contributed by atoms with E-state index in [0.717, 1.165) is 5.69 Å². The highest BCUT2D eigenvalue weighted by Gasteiger charge is 2.12. The largest absolute Gasteiger partial charge is 0.495 e. The lowest BCUT2D eigenvalue weighted by Crippen LogP contribution is -2.15. The van der Waals surface area contributed by atoms with Crippen molar-refractivity contribution >= 4 is 17.6 Å². The molecule has 0 saturated heterocycles. The van der Waals surface area contributed by atoms with Crippen molar-refractivity contribution in [1.82, 2.24) is 9.97 Å². The van der Waals surface area contributed by atoms with Gasteiger partial charge in [0, 0.05) is 24.0 Å². The summed E-state index contributed by atoms with van der Waals surface area (Å²) in [7, 11) is 1.58. The lowest BCUT2D eigenvalue weighted by atomic mass is 10.1. The van der Waals surface area contributed by atoms with Crippen LogP contribution in [0.3, 0.4) is 0 Å². The SMILES string of the molecule is COc1ccccc1Nc1ncc([C@@H](N)CC(=O)O)cn1. The smallest absolute Gasteiger partial charge is 0.305 e. The number of aromatic nitrogens is 2. The minimum absolute atomic E-state index is 0.164. The molecule has 0 radical (unpaired) electrons. The first kappa shape index (κ1) is 14.7. The van der Waals surface area contributed by atoms with Gasteiger partial charge in [-0.05, 0) is 12.1 Å². The number of methoxy groups -OCH3 is 1. The van der Waals surface area contributed by atoms with Gasteiger partial charge >= 0.3 is 5.97 Å². The number of para-hydroxylation sites is 2. The standard InChI is InChI=1S/C14H16N4O3/c1-21-12-5-3-2-4-11(12)18-14-16-7-9(8-17-14)10(15)6-13(19)20/h2-5,7-8,10H,6,15H2,1H3,(H,19,20)(H,16,17,18)/t10-/m0/s1. The molecular formula is C14H16N4O3. The Morgan fingerprint density at radius 1 is 1.38 bits per heavy atom. The Bertz CT molecular complexity index is 616. The number of nitrogens with two attached hydrogens (primary N) is 1. The van der Waals surface area contributed by atoms with Crippen LogP contribution in [-0.2, 0) is 4.79 Å². The van der Waals surface area contributed by atoms with Crippen molar-refractivity contribution < 1.29 is 14.6 Å². The number of carbonyl (C=O) groups is 1. The molecular weight excluding hydrogens is 272 g/mol. The molecule has 2 rings (SSSR count). The van der Waals surface area contributed by atoms with Gasteiger partial charge in [-0.3, -0.25) is 4.79 Å². The van der Waals surface area contributed by atoms with Gasteiger partial charge in [0.25, 0.3) is 0 Å². The van der Waals surface area contributed by atoms with Gasteiger partial charge in [-0.15, -0.1) is 0 Å². The zero-order valence-corrected chi connectivity index (χ0v) is 11.5. The number of hydrogen-bond donors (Lipinski definition) is 3. The van der Waals surface area contributed by atoms with Gasteiger partial charge in [-0.25, -0.2) is 9.97 Å². The maximum Gasteiger partial charge on any atom is 0.305 e. The van der Waals surface area contributed by atoms with Crippen molar-refractivity contribution in [2.24, 2.45) is 5.73 Å². The molecule has 0 amide bonds. The topological polar surface area (TPSA) is 110 Å². The molecule has 0 bridgehead atoms. The number of ether oxygens (including phenoxy) is 1. The second kappa shape index (κ2) is 6.67. The summed E-state index contributed by atoms with van der Waals surface area (Å²) in [5.74, 6) is 0.0947. The Morgan fingerprint density at radius 3 is 2.67 bits per heavy atom. The molecule has 0 saturated carbocycles. The van der Waals surface area contributed by atoms with Crippen LogP contribution in [0, 0.1) is 0 Å². The number of nitrogens with one attached hydrogen (secondary N) is 1. The van der Waals surface area contributed by atoms with Crippen LogP contribution in [0.2, 0.25) is 0 Å². The minimum atomic E-state index is -0.960. The second-order valence-electron chi connectivity index (χ2n) is 4.37. The summed E-state index contributed by atoms with van der Waals surface area (Å²) < 4.78 is 5.22. The van der Waals surface area contributed by atoms with Crippen LogP contribution < -0.4 is 15.8 Å². The number of rotatable bonds is 6. The maximum atomic E-state index is 10.6. The first-order valence-electron chi connectivity index (χ1n) is 6.29. The van der Waals surface area contributed by atoms with Crippen LogP contribution >= 0.6 is 0 Å². The number of carboxylic acids is 1. The van der Waals surface area contributed by atoms with E-state index >= 15 is 0 Å². The number of carboxylic acid groups (broad SMARTS) is 1. The molecule has 0 spiro atoms. The van der Waals surface area contributed by atoms with Gasteiger partial charge in [0.2, 0.25) is 5.95 Å². The van der Waals surface area contributed by atoms with Crippen molar-refractivity contribution in [3.63, 3.8) is 0 Å². The molecule has 1 aromatic carbocycles. The molecule has 0 aliphatic rings. The van der Waals surface area contributed by atoms with Crippen molar-refractivity contribution in [3.05, 3.63) is 42.2 Å². The van der Waals surface area contributed by atoms with E-state index in [1.165, 1.54) is 12.4 Å². The van der Waals surface area contributed by atoms with E-state index in [2.05, 4.69) is 15.3 Å². The fraction of sp³-hybridized carbons (Fsp3) is 0.214. The van der Waals surface area contributed by atoms with Crippen LogP contribution in [0.4, 0.5) is 11.6 Å². The van der Waals surface area contributed by atoms with Gasteiger partial charge in [-0.2, -0.15) is 0 Å². The minimum Gasteiger partial charge on any atom is -0.495 e. The average Bonchev–Trinajstić information content (AvgIpc) is 2.48. The summed E-state index contributed by atoms with van der Waals surface area (Å²) >= 11 is 0. The van der Waals surface area contributed by atoms with E-state index in [0.29, 0.717) is 17.3 Å². The predicted octanol–water partition coefficient (Wildman–Crippen LogP) is 1.70. The Labute approximate surface area is 121 Å². The summed E-state index contributed by atoms with van der Waals surface area (Å²) in [4.78, 5) is 18.9. The maximum absolute atomic E-state index is 10.6. The Kier molecular flexibility index (Phi) is 4.68. The van der Waals surface area contributed by atoms with Crippen molar-refractivity contribution in [2.45, 2.75) is 12.5 Å². The number of anilines is 2. The van der Waals surface area contributed by atoms with Gasteiger partial charge in [0.15, 0.2) is 0 Å². The first-order chi connectivity index (χ1) is 10.1.